The van der Waals surface area contributed by atoms with Crippen LogP contribution in [0.5, 0.6) is 5.75 Å². The maximum atomic E-state index is 12.1. The van der Waals surface area contributed by atoms with Gasteiger partial charge in [-0.1, -0.05) is 18.2 Å². The zero-order valence-electron chi connectivity index (χ0n) is 13.3. The lowest BCUT2D eigenvalue weighted by Crippen LogP contribution is -2.37. The summed E-state index contributed by atoms with van der Waals surface area (Å²) < 4.78 is 10.8. The molecule has 21 heavy (non-hydrogen) atoms. The van der Waals surface area contributed by atoms with Crippen molar-refractivity contribution in [1.82, 2.24) is 4.90 Å². The van der Waals surface area contributed by atoms with Gasteiger partial charge in [-0.15, -0.1) is 0 Å². The van der Waals surface area contributed by atoms with Crippen LogP contribution in [0, 0.1) is 0 Å². The molecule has 0 saturated carbocycles. The van der Waals surface area contributed by atoms with Crippen LogP contribution < -0.4 is 4.74 Å². The van der Waals surface area contributed by atoms with Crippen molar-refractivity contribution in [3.63, 3.8) is 0 Å². The predicted molar refractivity (Wildman–Crippen MR) is 80.4 cm³/mol. The van der Waals surface area contributed by atoms with Crippen LogP contribution in [0.25, 0.3) is 0 Å². The topological polar surface area (TPSA) is 55.8 Å². The van der Waals surface area contributed by atoms with Crippen molar-refractivity contribution < 1.29 is 19.1 Å². The average molecular weight is 293 g/mol. The normalized spacial score (nSPS) is 12.4. The fraction of sp³-hybridized carbons (Fsp3) is 0.500. The molecular formula is C16H23NO4. The van der Waals surface area contributed by atoms with Crippen LogP contribution >= 0.6 is 0 Å². The minimum Gasteiger partial charge on any atom is -0.494 e. The third-order valence-electron chi connectivity index (χ3n) is 2.77. The van der Waals surface area contributed by atoms with E-state index < -0.39 is 17.7 Å². The van der Waals surface area contributed by atoms with Crippen molar-refractivity contribution in [1.29, 1.82) is 0 Å². The molecule has 0 aliphatic carbocycles. The molecule has 0 bridgehead atoms. The van der Waals surface area contributed by atoms with E-state index in [2.05, 4.69) is 0 Å². The van der Waals surface area contributed by atoms with Gasteiger partial charge in [-0.05, 0) is 33.8 Å². The summed E-state index contributed by atoms with van der Waals surface area (Å²) in [6.45, 7) is 7.69. The van der Waals surface area contributed by atoms with Crippen molar-refractivity contribution in [2.75, 3.05) is 13.7 Å². The summed E-state index contributed by atoms with van der Waals surface area (Å²) in [5.74, 6) is 0.590. The average Bonchev–Trinajstić information content (AvgIpc) is 2.39. The van der Waals surface area contributed by atoms with E-state index in [9.17, 15) is 9.59 Å². The van der Waals surface area contributed by atoms with Crippen molar-refractivity contribution in [3.05, 3.63) is 29.8 Å². The highest BCUT2D eigenvalue weighted by molar-refractivity contribution is 5.75. The molecule has 0 fully saturated rings. The number of carbonyl (C=O) groups excluding carboxylic acids is 2. The number of aldehydes is 1. The molecule has 0 saturated heterocycles. The fourth-order valence-corrected chi connectivity index (χ4v) is 1.83. The Morgan fingerprint density at radius 3 is 2.48 bits per heavy atom. The molecule has 5 nitrogen and oxygen atoms in total. The lowest BCUT2D eigenvalue weighted by Gasteiger charge is -2.28. The van der Waals surface area contributed by atoms with E-state index in [-0.39, 0.29) is 0 Å². The van der Waals surface area contributed by atoms with Crippen molar-refractivity contribution in [2.45, 2.75) is 39.3 Å². The number of carbonyl (C=O) groups is 2. The van der Waals surface area contributed by atoms with E-state index in [4.69, 9.17) is 9.47 Å². The number of amides is 1. The Bertz CT molecular complexity index is 493. The first-order valence-electron chi connectivity index (χ1n) is 6.93. The number of rotatable bonds is 5. The highest BCUT2D eigenvalue weighted by Crippen LogP contribution is 2.28. The number of benzene rings is 1. The highest BCUT2D eigenvalue weighted by atomic mass is 16.6. The number of nitrogens with zero attached hydrogens (tertiary/aromatic N) is 1. The monoisotopic (exact) mass is 293 g/mol. The summed E-state index contributed by atoms with van der Waals surface area (Å²) >= 11 is 0. The molecular weight excluding hydrogens is 270 g/mol. The number of hydrogen-bond donors (Lipinski definition) is 0. The second-order valence-electron chi connectivity index (χ2n) is 5.64. The molecule has 0 radical (unpaired) electrons. The minimum absolute atomic E-state index is 0.485. The number of likely N-dealkylation sites (N-methyl/N-ethyl adjacent to an activating group) is 1. The Kier molecular flexibility index (Phi) is 5.76. The Morgan fingerprint density at radius 1 is 1.33 bits per heavy atom. The molecule has 0 heterocycles. The molecule has 0 aliphatic heterocycles. The molecule has 1 rings (SSSR count). The molecule has 1 unspecified atom stereocenters. The number of para-hydroxylation sites is 1. The molecule has 1 atom stereocenters. The minimum atomic E-state index is -0.748. The van der Waals surface area contributed by atoms with Crippen LogP contribution in [0.15, 0.2) is 24.3 Å². The van der Waals surface area contributed by atoms with E-state index in [1.165, 1.54) is 11.9 Å². The van der Waals surface area contributed by atoms with Gasteiger partial charge in [0.15, 0.2) is 0 Å². The maximum Gasteiger partial charge on any atom is 0.410 e. The summed E-state index contributed by atoms with van der Waals surface area (Å²) in [5, 5.41) is 0. The van der Waals surface area contributed by atoms with Gasteiger partial charge in [0.1, 0.15) is 23.7 Å². The summed E-state index contributed by atoms with van der Waals surface area (Å²) in [6, 6.07) is 6.42. The van der Waals surface area contributed by atoms with E-state index in [0.717, 1.165) is 0 Å². The molecule has 1 amide bonds. The number of ether oxygens (including phenoxy) is 2. The lowest BCUT2D eigenvalue weighted by atomic mass is 10.1. The standard InChI is InChI=1S/C16H23NO4/c1-6-20-14-10-8-7-9-12(14)13(11-18)17(5)15(19)21-16(2,3)4/h7-11,13H,6H2,1-5H3. The summed E-state index contributed by atoms with van der Waals surface area (Å²) in [7, 11) is 1.54. The summed E-state index contributed by atoms with van der Waals surface area (Å²) in [5.41, 5.74) is 0.0285. The van der Waals surface area contributed by atoms with E-state index in [1.807, 2.05) is 13.0 Å². The second kappa shape index (κ2) is 7.11. The van der Waals surface area contributed by atoms with Crippen LogP contribution in [0.3, 0.4) is 0 Å². The first kappa shape index (κ1) is 17.0. The first-order chi connectivity index (χ1) is 9.80. The number of hydrogen-bond acceptors (Lipinski definition) is 4. The molecule has 0 aliphatic rings. The van der Waals surface area contributed by atoms with Crippen molar-refractivity contribution >= 4 is 12.4 Å². The molecule has 116 valence electrons. The SMILES string of the molecule is CCOc1ccccc1C(C=O)N(C)C(=O)OC(C)(C)C. The van der Waals surface area contributed by atoms with Gasteiger partial charge in [-0.3, -0.25) is 4.90 Å². The van der Waals surface area contributed by atoms with Crippen LogP contribution in [-0.4, -0.2) is 36.5 Å². The summed E-state index contributed by atoms with van der Waals surface area (Å²) in [4.78, 5) is 24.8. The Balaban J connectivity index is 3.02. The van der Waals surface area contributed by atoms with E-state index in [0.29, 0.717) is 24.2 Å². The largest absolute Gasteiger partial charge is 0.494 e. The van der Waals surface area contributed by atoms with Gasteiger partial charge < -0.3 is 14.3 Å². The Hall–Kier alpha value is -2.04. The quantitative estimate of drug-likeness (QED) is 0.782. The van der Waals surface area contributed by atoms with Crippen LogP contribution in [-0.2, 0) is 9.53 Å². The van der Waals surface area contributed by atoms with Crippen LogP contribution in [0.4, 0.5) is 4.79 Å². The van der Waals surface area contributed by atoms with Gasteiger partial charge in [0.05, 0.1) is 6.61 Å². The Labute approximate surface area is 125 Å². The summed E-state index contributed by atoms with van der Waals surface area (Å²) in [6.07, 6.45) is 0.160. The van der Waals surface area contributed by atoms with Crippen LogP contribution in [0.2, 0.25) is 0 Å². The third kappa shape index (κ3) is 4.77. The molecule has 5 heteroatoms. The first-order valence-corrected chi connectivity index (χ1v) is 6.93. The van der Waals surface area contributed by atoms with E-state index in [1.54, 1.807) is 39.0 Å². The maximum absolute atomic E-state index is 12.1. The molecule has 1 aromatic rings. The Morgan fingerprint density at radius 2 is 1.95 bits per heavy atom. The second-order valence-corrected chi connectivity index (χ2v) is 5.64. The fourth-order valence-electron chi connectivity index (χ4n) is 1.83. The van der Waals surface area contributed by atoms with Gasteiger partial charge in [-0.2, -0.15) is 0 Å². The molecule has 0 N–H and O–H groups in total. The van der Waals surface area contributed by atoms with Crippen LogP contribution in [0.1, 0.15) is 39.3 Å². The van der Waals surface area contributed by atoms with Gasteiger partial charge in [0.2, 0.25) is 0 Å². The molecule has 0 aromatic heterocycles. The van der Waals surface area contributed by atoms with E-state index >= 15 is 0 Å². The van der Waals surface area contributed by atoms with Crippen molar-refractivity contribution in [3.8, 4) is 5.75 Å². The van der Waals surface area contributed by atoms with Gasteiger partial charge >= 0.3 is 6.09 Å². The predicted octanol–water partition coefficient (Wildman–Crippen LogP) is 3.19. The zero-order valence-corrected chi connectivity index (χ0v) is 13.3. The lowest BCUT2D eigenvalue weighted by molar-refractivity contribution is -0.112. The smallest absolute Gasteiger partial charge is 0.410 e. The molecule has 0 spiro atoms. The zero-order chi connectivity index (χ0) is 16.0. The van der Waals surface area contributed by atoms with Gasteiger partial charge in [-0.25, -0.2) is 4.79 Å². The third-order valence-corrected chi connectivity index (χ3v) is 2.77. The van der Waals surface area contributed by atoms with Gasteiger partial charge in [0.25, 0.3) is 0 Å². The highest BCUT2D eigenvalue weighted by Gasteiger charge is 2.27. The van der Waals surface area contributed by atoms with Crippen molar-refractivity contribution in [2.24, 2.45) is 0 Å². The molecule has 1 aromatic carbocycles. The van der Waals surface area contributed by atoms with Gasteiger partial charge in [0, 0.05) is 12.6 Å².